The summed E-state index contributed by atoms with van der Waals surface area (Å²) in [5.74, 6) is 0.276. The van der Waals surface area contributed by atoms with Gasteiger partial charge in [0, 0.05) is 43.7 Å². The molecular weight excluding hydrogens is 431 g/mol. The number of halogens is 3. The molecule has 0 atom stereocenters. The lowest BCUT2D eigenvalue weighted by atomic mass is 9.90. The van der Waals surface area contributed by atoms with Crippen molar-refractivity contribution in [3.05, 3.63) is 76.2 Å². The summed E-state index contributed by atoms with van der Waals surface area (Å²) >= 11 is 0. The molecule has 1 N–H and O–H groups in total. The summed E-state index contributed by atoms with van der Waals surface area (Å²) in [5.41, 5.74) is 2.57. The van der Waals surface area contributed by atoms with Crippen LogP contribution < -0.4 is 0 Å². The van der Waals surface area contributed by atoms with Crippen molar-refractivity contribution < 1.29 is 22.7 Å². The van der Waals surface area contributed by atoms with Gasteiger partial charge in [-0.15, -0.1) is 0 Å². The van der Waals surface area contributed by atoms with Crippen LogP contribution >= 0.6 is 0 Å². The highest BCUT2D eigenvalue weighted by molar-refractivity contribution is 5.96. The standard InChI is InChI=1S/C25H26F3N3O2/c1-15-4-7-17(8-5-15)19-13-31(14-19)24(32)18-9-6-16(2)20(12-18)22-23(25(26,27)28)30-21(29-22)10-11-33-3/h4-9,12,19H,10-11,13-14H2,1-3H3,(H,29,30). The molecule has 0 saturated carbocycles. The minimum Gasteiger partial charge on any atom is -0.384 e. The van der Waals surface area contributed by atoms with Gasteiger partial charge in [-0.1, -0.05) is 35.9 Å². The second-order valence-corrected chi connectivity index (χ2v) is 8.50. The maximum Gasteiger partial charge on any atom is 0.435 e. The van der Waals surface area contributed by atoms with Crippen molar-refractivity contribution in [3.8, 4) is 11.3 Å². The summed E-state index contributed by atoms with van der Waals surface area (Å²) in [7, 11) is 1.48. The first-order chi connectivity index (χ1) is 15.7. The summed E-state index contributed by atoms with van der Waals surface area (Å²) in [6, 6.07) is 13.1. The summed E-state index contributed by atoms with van der Waals surface area (Å²) in [6.07, 6.45) is -4.40. The highest BCUT2D eigenvalue weighted by Gasteiger charge is 2.38. The number of hydrogen-bond acceptors (Lipinski definition) is 3. The number of aryl methyl sites for hydroxylation is 2. The average molecular weight is 457 g/mol. The number of rotatable bonds is 6. The largest absolute Gasteiger partial charge is 0.435 e. The number of carbonyl (C=O) groups is 1. The number of ether oxygens (including phenoxy) is 1. The molecule has 0 bridgehead atoms. The minimum atomic E-state index is -4.62. The number of likely N-dealkylation sites (tertiary alicyclic amines) is 1. The Hall–Kier alpha value is -3.13. The molecule has 1 aliphatic heterocycles. The Bertz CT molecular complexity index is 1150. The Kier molecular flexibility index (Phi) is 6.30. The zero-order valence-electron chi connectivity index (χ0n) is 18.8. The molecule has 0 spiro atoms. The number of benzene rings is 2. The predicted molar refractivity (Wildman–Crippen MR) is 119 cm³/mol. The lowest BCUT2D eigenvalue weighted by Crippen LogP contribution is -2.48. The Labute approximate surface area is 190 Å². The third kappa shape index (κ3) is 4.80. The van der Waals surface area contributed by atoms with Crippen LogP contribution in [0, 0.1) is 13.8 Å². The number of nitrogens with one attached hydrogen (secondary N) is 1. The number of H-pyrrole nitrogens is 1. The molecule has 1 fully saturated rings. The van der Waals surface area contributed by atoms with E-state index in [4.69, 9.17) is 4.74 Å². The molecule has 0 unspecified atom stereocenters. The molecule has 174 valence electrons. The molecule has 0 aliphatic carbocycles. The number of alkyl halides is 3. The van der Waals surface area contributed by atoms with E-state index >= 15 is 0 Å². The van der Waals surface area contributed by atoms with Gasteiger partial charge in [-0.3, -0.25) is 4.79 Å². The van der Waals surface area contributed by atoms with E-state index in [2.05, 4.69) is 34.2 Å². The number of carbonyl (C=O) groups excluding carboxylic acids is 1. The van der Waals surface area contributed by atoms with Gasteiger partial charge < -0.3 is 14.6 Å². The van der Waals surface area contributed by atoms with E-state index in [0.29, 0.717) is 29.8 Å². The monoisotopic (exact) mass is 457 g/mol. The molecular formula is C25H26F3N3O2. The Morgan fingerprint density at radius 3 is 2.48 bits per heavy atom. The molecule has 2 heterocycles. The molecule has 33 heavy (non-hydrogen) atoms. The van der Waals surface area contributed by atoms with Crippen LogP contribution in [0.3, 0.4) is 0 Å². The van der Waals surface area contributed by atoms with Gasteiger partial charge in [-0.05, 0) is 37.1 Å². The van der Waals surface area contributed by atoms with Crippen molar-refractivity contribution in [2.24, 2.45) is 0 Å². The number of aromatic amines is 1. The topological polar surface area (TPSA) is 58.2 Å². The number of aromatic nitrogens is 2. The summed E-state index contributed by atoms with van der Waals surface area (Å²) < 4.78 is 46.0. The van der Waals surface area contributed by atoms with Gasteiger partial charge in [0.2, 0.25) is 0 Å². The van der Waals surface area contributed by atoms with Crippen molar-refractivity contribution in [1.29, 1.82) is 0 Å². The second kappa shape index (κ2) is 9.02. The van der Waals surface area contributed by atoms with Crippen LogP contribution in [0.2, 0.25) is 0 Å². The Morgan fingerprint density at radius 1 is 1.15 bits per heavy atom. The molecule has 1 amide bonds. The molecule has 1 aromatic heterocycles. The van der Waals surface area contributed by atoms with E-state index in [1.54, 1.807) is 24.0 Å². The zero-order valence-corrected chi connectivity index (χ0v) is 18.8. The van der Waals surface area contributed by atoms with Crippen LogP contribution in [0.4, 0.5) is 13.2 Å². The smallest absolute Gasteiger partial charge is 0.384 e. The Morgan fingerprint density at radius 2 is 1.85 bits per heavy atom. The molecule has 1 saturated heterocycles. The lowest BCUT2D eigenvalue weighted by Gasteiger charge is -2.39. The third-order valence-electron chi connectivity index (χ3n) is 6.04. The summed E-state index contributed by atoms with van der Waals surface area (Å²) in [4.78, 5) is 21.3. The van der Waals surface area contributed by atoms with Crippen molar-refractivity contribution in [2.75, 3.05) is 26.8 Å². The van der Waals surface area contributed by atoms with Gasteiger partial charge in [0.05, 0.1) is 12.3 Å². The number of nitrogens with zero attached hydrogens (tertiary/aromatic N) is 2. The fraction of sp³-hybridized carbons (Fsp3) is 0.360. The quantitative estimate of drug-likeness (QED) is 0.558. The SMILES string of the molecule is COCCc1nc(C(F)(F)F)c(-c2cc(C(=O)N3CC(c4ccc(C)cc4)C3)ccc2C)[nH]1. The van der Waals surface area contributed by atoms with Crippen LogP contribution in [0.25, 0.3) is 11.3 Å². The fourth-order valence-corrected chi connectivity index (χ4v) is 4.04. The maximum absolute atomic E-state index is 13.7. The van der Waals surface area contributed by atoms with E-state index in [1.807, 2.05) is 6.92 Å². The second-order valence-electron chi connectivity index (χ2n) is 8.50. The Balaban J connectivity index is 1.58. The zero-order chi connectivity index (χ0) is 23.8. The van der Waals surface area contributed by atoms with Gasteiger partial charge in [0.15, 0.2) is 5.69 Å². The highest BCUT2D eigenvalue weighted by Crippen LogP contribution is 2.37. The van der Waals surface area contributed by atoms with Crippen LogP contribution in [-0.4, -0.2) is 47.6 Å². The van der Waals surface area contributed by atoms with Gasteiger partial charge >= 0.3 is 6.18 Å². The van der Waals surface area contributed by atoms with E-state index in [1.165, 1.54) is 24.3 Å². The number of amides is 1. The van der Waals surface area contributed by atoms with Crippen molar-refractivity contribution in [3.63, 3.8) is 0 Å². The normalized spacial score (nSPS) is 14.4. The molecule has 2 aromatic carbocycles. The van der Waals surface area contributed by atoms with E-state index in [0.717, 1.165) is 0 Å². The molecule has 0 radical (unpaired) electrons. The highest BCUT2D eigenvalue weighted by atomic mass is 19.4. The molecule has 1 aliphatic rings. The van der Waals surface area contributed by atoms with Crippen LogP contribution in [0.15, 0.2) is 42.5 Å². The number of methoxy groups -OCH3 is 1. The maximum atomic E-state index is 13.7. The van der Waals surface area contributed by atoms with Crippen molar-refractivity contribution in [1.82, 2.24) is 14.9 Å². The van der Waals surface area contributed by atoms with Crippen molar-refractivity contribution >= 4 is 5.91 Å². The first-order valence-electron chi connectivity index (χ1n) is 10.8. The number of imidazole rings is 1. The summed E-state index contributed by atoms with van der Waals surface area (Å²) in [6.45, 7) is 5.17. The lowest BCUT2D eigenvalue weighted by molar-refractivity contribution is -0.140. The minimum absolute atomic E-state index is 0.123. The molecule has 4 rings (SSSR count). The average Bonchev–Trinajstić information content (AvgIpc) is 3.17. The van der Waals surface area contributed by atoms with Crippen LogP contribution in [-0.2, 0) is 17.3 Å². The molecule has 8 heteroatoms. The summed E-state index contributed by atoms with van der Waals surface area (Å²) in [5, 5.41) is 0. The third-order valence-corrected chi connectivity index (χ3v) is 6.04. The first kappa shape index (κ1) is 23.0. The predicted octanol–water partition coefficient (Wildman–Crippen LogP) is 5.14. The van der Waals surface area contributed by atoms with Crippen LogP contribution in [0.5, 0.6) is 0 Å². The van der Waals surface area contributed by atoms with Gasteiger partial charge in [-0.2, -0.15) is 13.2 Å². The first-order valence-corrected chi connectivity index (χ1v) is 10.8. The van der Waals surface area contributed by atoms with E-state index in [9.17, 15) is 18.0 Å². The van der Waals surface area contributed by atoms with Gasteiger partial charge in [0.1, 0.15) is 5.82 Å². The molecule has 3 aromatic rings. The van der Waals surface area contributed by atoms with Crippen LogP contribution in [0.1, 0.15) is 44.5 Å². The van der Waals surface area contributed by atoms with Gasteiger partial charge in [0.25, 0.3) is 5.91 Å². The molecule has 5 nitrogen and oxygen atoms in total. The van der Waals surface area contributed by atoms with Gasteiger partial charge in [-0.25, -0.2) is 4.98 Å². The number of hydrogen-bond donors (Lipinski definition) is 1. The van der Waals surface area contributed by atoms with E-state index in [-0.39, 0.29) is 36.4 Å². The van der Waals surface area contributed by atoms with E-state index < -0.39 is 11.9 Å². The van der Waals surface area contributed by atoms with Crippen molar-refractivity contribution in [2.45, 2.75) is 32.4 Å². The fourth-order valence-electron chi connectivity index (χ4n) is 4.04.